The number of nitrogens with zero attached hydrogens (tertiary/aromatic N) is 1. The second kappa shape index (κ2) is 6.27. The highest BCUT2D eigenvalue weighted by atomic mass is 79.9. The zero-order valence-corrected chi connectivity index (χ0v) is 14.1. The summed E-state index contributed by atoms with van der Waals surface area (Å²) in [6.07, 6.45) is 0. The lowest BCUT2D eigenvalue weighted by molar-refractivity contribution is -0.113. The lowest BCUT2D eigenvalue weighted by Crippen LogP contribution is -2.22. The number of halogens is 1. The fourth-order valence-electron chi connectivity index (χ4n) is 2.26. The summed E-state index contributed by atoms with van der Waals surface area (Å²) in [6, 6.07) is 14.0. The Labute approximate surface area is 134 Å². The molecule has 21 heavy (non-hydrogen) atoms. The fraction of sp³-hybridized carbons (Fsp3) is 0.167. The Morgan fingerprint density at radius 3 is 2.24 bits per heavy atom. The average Bonchev–Trinajstić information content (AvgIpc) is 2.43. The number of benzene rings is 2. The minimum Gasteiger partial charge on any atom is -0.307 e. The molecule has 0 heterocycles. The van der Waals surface area contributed by atoms with Gasteiger partial charge in [-0.2, -0.15) is 0 Å². The van der Waals surface area contributed by atoms with Gasteiger partial charge >= 0.3 is 0 Å². The lowest BCUT2D eigenvalue weighted by atomic mass is 10.1. The third kappa shape index (κ3) is 3.24. The van der Waals surface area contributed by atoms with E-state index in [0.717, 1.165) is 27.0 Å². The molecule has 2 aromatic carbocycles. The molecule has 0 N–H and O–H groups in total. The summed E-state index contributed by atoms with van der Waals surface area (Å²) in [4.78, 5) is 13.8. The Morgan fingerprint density at radius 2 is 1.67 bits per heavy atom. The van der Waals surface area contributed by atoms with Crippen molar-refractivity contribution in [3.8, 4) is 0 Å². The summed E-state index contributed by atoms with van der Waals surface area (Å²) in [5.74, 6) is -0.0411. The molecule has 0 radical (unpaired) electrons. The van der Waals surface area contributed by atoms with E-state index in [1.807, 2.05) is 61.2 Å². The number of allylic oxidation sites excluding steroid dienone is 1. The molecule has 0 saturated carbocycles. The number of ketones is 1. The van der Waals surface area contributed by atoms with E-state index in [-0.39, 0.29) is 5.78 Å². The zero-order chi connectivity index (χ0) is 15.6. The van der Waals surface area contributed by atoms with Gasteiger partial charge < -0.3 is 4.90 Å². The molecular weight excluding hydrogens is 326 g/mol. The highest BCUT2D eigenvalue weighted by Gasteiger charge is 2.19. The molecule has 0 aliphatic carbocycles. The summed E-state index contributed by atoms with van der Waals surface area (Å²) < 4.78 is 1.02. The van der Waals surface area contributed by atoms with Crippen LogP contribution in [0.15, 0.2) is 59.2 Å². The molecule has 2 nitrogen and oxygen atoms in total. The summed E-state index contributed by atoms with van der Waals surface area (Å²) >= 11 is 3.47. The number of carbonyl (C=O) groups excluding carboxylic acids is 1. The Kier molecular flexibility index (Phi) is 4.63. The van der Waals surface area contributed by atoms with Crippen molar-refractivity contribution in [2.24, 2.45) is 0 Å². The van der Waals surface area contributed by atoms with Crippen molar-refractivity contribution in [1.82, 2.24) is 0 Å². The van der Waals surface area contributed by atoms with Crippen LogP contribution >= 0.6 is 15.9 Å². The standard InChI is InChI=1S/C18H18BrNO/c1-12-7-5-6-8-17(12)20(14(3)15(4)21)18-10-9-16(19)11-13(18)2/h5-11H,3H2,1-2,4H3. The molecule has 108 valence electrons. The van der Waals surface area contributed by atoms with Crippen LogP contribution in [-0.2, 0) is 4.79 Å². The van der Waals surface area contributed by atoms with E-state index in [0.29, 0.717) is 5.70 Å². The lowest BCUT2D eigenvalue weighted by Gasteiger charge is -2.28. The maximum Gasteiger partial charge on any atom is 0.175 e. The monoisotopic (exact) mass is 343 g/mol. The first-order chi connectivity index (χ1) is 9.91. The predicted molar refractivity (Wildman–Crippen MR) is 92.0 cm³/mol. The number of hydrogen-bond donors (Lipinski definition) is 0. The third-order valence-electron chi connectivity index (χ3n) is 3.43. The molecule has 0 amide bonds. The first-order valence-corrected chi connectivity index (χ1v) is 7.53. The van der Waals surface area contributed by atoms with Gasteiger partial charge in [0, 0.05) is 22.8 Å². The van der Waals surface area contributed by atoms with E-state index in [1.54, 1.807) is 6.92 Å². The summed E-state index contributed by atoms with van der Waals surface area (Å²) in [7, 11) is 0. The Bertz CT molecular complexity index is 706. The SMILES string of the molecule is C=C(C(C)=O)N(c1ccccc1C)c1ccc(Br)cc1C. The van der Waals surface area contributed by atoms with E-state index in [2.05, 4.69) is 22.5 Å². The molecule has 0 unspecified atom stereocenters. The number of rotatable bonds is 4. The van der Waals surface area contributed by atoms with Gasteiger partial charge in [0.05, 0.1) is 5.70 Å². The van der Waals surface area contributed by atoms with E-state index in [4.69, 9.17) is 0 Å². The topological polar surface area (TPSA) is 20.3 Å². The molecule has 0 spiro atoms. The largest absolute Gasteiger partial charge is 0.307 e. The molecule has 0 aromatic heterocycles. The smallest absolute Gasteiger partial charge is 0.175 e. The van der Waals surface area contributed by atoms with Gasteiger partial charge in [-0.1, -0.05) is 40.7 Å². The average molecular weight is 344 g/mol. The first kappa shape index (κ1) is 15.5. The Hall–Kier alpha value is -1.87. The molecule has 0 aliphatic heterocycles. The second-order valence-electron chi connectivity index (χ2n) is 5.06. The van der Waals surface area contributed by atoms with Crippen LogP contribution in [0.4, 0.5) is 11.4 Å². The quantitative estimate of drug-likeness (QED) is 0.701. The maximum atomic E-state index is 11.9. The molecule has 2 aromatic rings. The number of anilines is 2. The highest BCUT2D eigenvalue weighted by Crippen LogP contribution is 2.35. The van der Waals surface area contributed by atoms with Gasteiger partial charge in [0.2, 0.25) is 0 Å². The number of aryl methyl sites for hydroxylation is 2. The van der Waals surface area contributed by atoms with Gasteiger partial charge in [0.1, 0.15) is 0 Å². The molecule has 3 heteroatoms. The Balaban J connectivity index is 2.65. The van der Waals surface area contributed by atoms with Crippen LogP contribution in [0.25, 0.3) is 0 Å². The van der Waals surface area contributed by atoms with E-state index in [1.165, 1.54) is 0 Å². The summed E-state index contributed by atoms with van der Waals surface area (Å²) in [5, 5.41) is 0. The molecule has 0 aliphatic rings. The maximum absolute atomic E-state index is 11.9. The van der Waals surface area contributed by atoms with Crippen LogP contribution in [0, 0.1) is 13.8 Å². The number of Topliss-reactive ketones (excluding diaryl/α,β-unsaturated/α-hetero) is 1. The highest BCUT2D eigenvalue weighted by molar-refractivity contribution is 9.10. The van der Waals surface area contributed by atoms with Gasteiger partial charge in [0.15, 0.2) is 5.78 Å². The third-order valence-corrected chi connectivity index (χ3v) is 3.93. The van der Waals surface area contributed by atoms with Crippen LogP contribution in [0.3, 0.4) is 0 Å². The molecular formula is C18H18BrNO. The van der Waals surface area contributed by atoms with Gasteiger partial charge in [-0.05, 0) is 49.2 Å². The van der Waals surface area contributed by atoms with Crippen molar-refractivity contribution in [3.05, 3.63) is 70.3 Å². The molecule has 0 bridgehead atoms. The molecule has 0 fully saturated rings. The first-order valence-electron chi connectivity index (χ1n) is 6.73. The van der Waals surface area contributed by atoms with Crippen molar-refractivity contribution in [2.45, 2.75) is 20.8 Å². The van der Waals surface area contributed by atoms with Crippen molar-refractivity contribution in [1.29, 1.82) is 0 Å². The van der Waals surface area contributed by atoms with E-state index in [9.17, 15) is 4.79 Å². The van der Waals surface area contributed by atoms with Crippen LogP contribution in [0.5, 0.6) is 0 Å². The zero-order valence-electron chi connectivity index (χ0n) is 12.5. The van der Waals surface area contributed by atoms with E-state index >= 15 is 0 Å². The Morgan fingerprint density at radius 1 is 1.05 bits per heavy atom. The number of carbonyl (C=O) groups is 1. The summed E-state index contributed by atoms with van der Waals surface area (Å²) in [5.41, 5.74) is 4.59. The van der Waals surface area contributed by atoms with E-state index < -0.39 is 0 Å². The second-order valence-corrected chi connectivity index (χ2v) is 5.97. The van der Waals surface area contributed by atoms with Gasteiger partial charge in [-0.25, -0.2) is 0 Å². The van der Waals surface area contributed by atoms with Gasteiger partial charge in [-0.3, -0.25) is 4.79 Å². The number of para-hydroxylation sites is 1. The van der Waals surface area contributed by atoms with Crippen LogP contribution in [0.1, 0.15) is 18.1 Å². The minimum absolute atomic E-state index is 0.0411. The molecule has 0 saturated heterocycles. The normalized spacial score (nSPS) is 10.3. The summed E-state index contributed by atoms with van der Waals surface area (Å²) in [6.45, 7) is 9.58. The van der Waals surface area contributed by atoms with Crippen LogP contribution in [0.2, 0.25) is 0 Å². The minimum atomic E-state index is -0.0411. The van der Waals surface area contributed by atoms with Crippen molar-refractivity contribution in [3.63, 3.8) is 0 Å². The van der Waals surface area contributed by atoms with Gasteiger partial charge in [0.25, 0.3) is 0 Å². The van der Waals surface area contributed by atoms with Crippen LogP contribution in [-0.4, -0.2) is 5.78 Å². The van der Waals surface area contributed by atoms with Crippen molar-refractivity contribution in [2.75, 3.05) is 4.90 Å². The molecule has 2 rings (SSSR count). The van der Waals surface area contributed by atoms with Crippen molar-refractivity contribution >= 4 is 33.1 Å². The van der Waals surface area contributed by atoms with Crippen LogP contribution < -0.4 is 4.90 Å². The predicted octanol–water partition coefficient (Wildman–Crippen LogP) is 5.31. The van der Waals surface area contributed by atoms with Gasteiger partial charge in [-0.15, -0.1) is 0 Å². The number of hydrogen-bond acceptors (Lipinski definition) is 2. The van der Waals surface area contributed by atoms with Crippen molar-refractivity contribution < 1.29 is 4.79 Å². The fourth-order valence-corrected chi connectivity index (χ4v) is 2.74. The molecule has 0 atom stereocenters.